The molecular formula is C11H18N2O3. The molecule has 1 amide bonds. The third kappa shape index (κ3) is 1.91. The molecule has 90 valence electrons. The van der Waals surface area contributed by atoms with Gasteiger partial charge in [-0.2, -0.15) is 0 Å². The van der Waals surface area contributed by atoms with Crippen molar-refractivity contribution in [1.29, 1.82) is 0 Å². The zero-order valence-electron chi connectivity index (χ0n) is 9.48. The summed E-state index contributed by atoms with van der Waals surface area (Å²) in [5.74, 6) is -0.583. The first-order chi connectivity index (χ1) is 7.61. The summed E-state index contributed by atoms with van der Waals surface area (Å²) in [5, 5.41) is 12.3. The average molecular weight is 226 g/mol. The van der Waals surface area contributed by atoms with Crippen molar-refractivity contribution in [3.63, 3.8) is 0 Å². The molecule has 0 aromatic rings. The van der Waals surface area contributed by atoms with Gasteiger partial charge in [0.15, 0.2) is 0 Å². The normalized spacial score (nSPS) is 32.1. The molecule has 2 heterocycles. The molecule has 2 unspecified atom stereocenters. The van der Waals surface area contributed by atoms with Crippen molar-refractivity contribution in [2.75, 3.05) is 20.1 Å². The predicted octanol–water partition coefficient (Wildman–Crippen LogP) is -0.0825. The molecule has 2 fully saturated rings. The first kappa shape index (κ1) is 11.4. The molecule has 0 saturated carbocycles. The van der Waals surface area contributed by atoms with E-state index in [1.165, 1.54) is 4.90 Å². The number of likely N-dealkylation sites (N-methyl/N-ethyl adjacent to an activating group) is 1. The fourth-order valence-electron chi connectivity index (χ4n) is 2.82. The molecule has 2 saturated heterocycles. The topological polar surface area (TPSA) is 69.6 Å². The molecule has 2 N–H and O–H groups in total. The maximum atomic E-state index is 12.0. The molecule has 2 rings (SSSR count). The van der Waals surface area contributed by atoms with Crippen molar-refractivity contribution in [3.8, 4) is 0 Å². The van der Waals surface area contributed by atoms with E-state index in [0.717, 1.165) is 25.9 Å². The highest BCUT2D eigenvalue weighted by Gasteiger charge is 2.44. The van der Waals surface area contributed by atoms with Crippen LogP contribution in [0.3, 0.4) is 0 Å². The summed E-state index contributed by atoms with van der Waals surface area (Å²) in [4.78, 5) is 24.3. The monoisotopic (exact) mass is 226 g/mol. The second-order valence-electron chi connectivity index (χ2n) is 4.73. The Morgan fingerprint density at radius 2 is 2.06 bits per heavy atom. The van der Waals surface area contributed by atoms with Gasteiger partial charge in [-0.15, -0.1) is 0 Å². The van der Waals surface area contributed by atoms with Crippen LogP contribution in [0.4, 0.5) is 0 Å². The quantitative estimate of drug-likeness (QED) is 0.691. The molecule has 16 heavy (non-hydrogen) atoms. The van der Waals surface area contributed by atoms with E-state index in [-0.39, 0.29) is 11.8 Å². The van der Waals surface area contributed by atoms with E-state index in [0.29, 0.717) is 12.3 Å². The molecule has 0 bridgehead atoms. The molecule has 0 spiro atoms. The Kier molecular flexibility index (Phi) is 3.14. The van der Waals surface area contributed by atoms with Crippen molar-refractivity contribution in [2.24, 2.45) is 11.8 Å². The number of likely N-dealkylation sites (tertiary alicyclic amines) is 1. The number of carboxylic acids is 1. The fraction of sp³-hybridized carbons (Fsp3) is 0.818. The van der Waals surface area contributed by atoms with Gasteiger partial charge in [0.2, 0.25) is 5.91 Å². The van der Waals surface area contributed by atoms with Crippen molar-refractivity contribution < 1.29 is 14.7 Å². The van der Waals surface area contributed by atoms with Crippen LogP contribution >= 0.6 is 0 Å². The Bertz CT molecular complexity index is 300. The number of carbonyl (C=O) groups is 2. The highest BCUT2D eigenvalue weighted by Crippen LogP contribution is 2.33. The standard InChI is InChI=1S/C11H18N2O3/c1-13-9(11(15)16)6-8(10(13)14)7-2-4-12-5-3-7/h7-9,12H,2-6H2,1H3,(H,15,16). The number of nitrogens with one attached hydrogen (secondary N) is 1. The number of hydrogen-bond donors (Lipinski definition) is 2. The lowest BCUT2D eigenvalue weighted by Crippen LogP contribution is -2.36. The molecule has 2 atom stereocenters. The van der Waals surface area contributed by atoms with Crippen molar-refractivity contribution in [3.05, 3.63) is 0 Å². The first-order valence-corrected chi connectivity index (χ1v) is 5.81. The fourth-order valence-corrected chi connectivity index (χ4v) is 2.82. The Hall–Kier alpha value is -1.10. The van der Waals surface area contributed by atoms with Gasteiger partial charge >= 0.3 is 5.97 Å². The first-order valence-electron chi connectivity index (χ1n) is 5.81. The number of carboxylic acid groups (broad SMARTS) is 1. The number of piperidine rings is 1. The molecule has 2 aliphatic rings. The minimum absolute atomic E-state index is 0.0132. The summed E-state index contributed by atoms with van der Waals surface area (Å²) >= 11 is 0. The third-order valence-corrected chi connectivity index (χ3v) is 3.85. The zero-order valence-corrected chi connectivity index (χ0v) is 9.48. The Labute approximate surface area is 94.8 Å². The van der Waals surface area contributed by atoms with E-state index in [1.807, 2.05) is 0 Å². The molecule has 0 aromatic carbocycles. The minimum Gasteiger partial charge on any atom is -0.480 e. The molecular weight excluding hydrogens is 208 g/mol. The number of rotatable bonds is 2. The van der Waals surface area contributed by atoms with Gasteiger partial charge in [-0.1, -0.05) is 0 Å². The summed E-state index contributed by atoms with van der Waals surface area (Å²) in [5.41, 5.74) is 0. The van der Waals surface area contributed by atoms with E-state index in [4.69, 9.17) is 5.11 Å². The second-order valence-corrected chi connectivity index (χ2v) is 4.73. The van der Waals surface area contributed by atoms with Crippen molar-refractivity contribution in [1.82, 2.24) is 10.2 Å². The Morgan fingerprint density at radius 1 is 1.44 bits per heavy atom. The van der Waals surface area contributed by atoms with Gasteiger partial charge in [0.25, 0.3) is 0 Å². The molecule has 0 aliphatic carbocycles. The number of aliphatic carboxylic acids is 1. The second kappa shape index (κ2) is 4.41. The third-order valence-electron chi connectivity index (χ3n) is 3.85. The number of carbonyl (C=O) groups excluding carboxylic acids is 1. The van der Waals surface area contributed by atoms with Crippen LogP contribution in [0.25, 0.3) is 0 Å². The van der Waals surface area contributed by atoms with Crippen LogP contribution < -0.4 is 5.32 Å². The smallest absolute Gasteiger partial charge is 0.326 e. The number of hydrogen-bond acceptors (Lipinski definition) is 3. The van der Waals surface area contributed by atoms with Gasteiger partial charge in [-0.3, -0.25) is 4.79 Å². The van der Waals surface area contributed by atoms with Crippen LogP contribution in [0.5, 0.6) is 0 Å². The lowest BCUT2D eigenvalue weighted by atomic mass is 9.83. The van der Waals surface area contributed by atoms with Crippen LogP contribution in [-0.2, 0) is 9.59 Å². The van der Waals surface area contributed by atoms with E-state index in [2.05, 4.69) is 5.32 Å². The largest absolute Gasteiger partial charge is 0.480 e. The Morgan fingerprint density at radius 3 is 2.56 bits per heavy atom. The maximum absolute atomic E-state index is 12.0. The SMILES string of the molecule is CN1C(=O)C(C2CCNCC2)CC1C(=O)O. The minimum atomic E-state index is -0.882. The van der Waals surface area contributed by atoms with E-state index in [9.17, 15) is 9.59 Å². The van der Waals surface area contributed by atoms with Gasteiger partial charge in [0.1, 0.15) is 6.04 Å². The van der Waals surface area contributed by atoms with Crippen molar-refractivity contribution in [2.45, 2.75) is 25.3 Å². The van der Waals surface area contributed by atoms with Crippen LogP contribution in [0.2, 0.25) is 0 Å². The predicted molar refractivity (Wildman–Crippen MR) is 57.9 cm³/mol. The van der Waals surface area contributed by atoms with Gasteiger partial charge in [-0.25, -0.2) is 4.79 Å². The van der Waals surface area contributed by atoms with E-state index < -0.39 is 12.0 Å². The molecule has 0 aromatic heterocycles. The average Bonchev–Trinajstić information content (AvgIpc) is 2.58. The van der Waals surface area contributed by atoms with Gasteiger partial charge in [-0.05, 0) is 38.3 Å². The van der Waals surface area contributed by atoms with Gasteiger partial charge < -0.3 is 15.3 Å². The highest BCUT2D eigenvalue weighted by atomic mass is 16.4. The lowest BCUT2D eigenvalue weighted by molar-refractivity contribution is -0.145. The zero-order chi connectivity index (χ0) is 11.7. The molecule has 5 nitrogen and oxygen atoms in total. The van der Waals surface area contributed by atoms with E-state index in [1.54, 1.807) is 7.05 Å². The van der Waals surface area contributed by atoms with Gasteiger partial charge in [0, 0.05) is 13.0 Å². The van der Waals surface area contributed by atoms with Crippen LogP contribution in [0, 0.1) is 11.8 Å². The summed E-state index contributed by atoms with van der Waals surface area (Å²) in [7, 11) is 1.60. The van der Waals surface area contributed by atoms with Crippen LogP contribution in [-0.4, -0.2) is 48.1 Å². The number of amides is 1. The van der Waals surface area contributed by atoms with Gasteiger partial charge in [0.05, 0.1) is 0 Å². The van der Waals surface area contributed by atoms with Crippen LogP contribution in [0.15, 0.2) is 0 Å². The van der Waals surface area contributed by atoms with E-state index >= 15 is 0 Å². The molecule has 5 heteroatoms. The van der Waals surface area contributed by atoms with Crippen molar-refractivity contribution >= 4 is 11.9 Å². The summed E-state index contributed by atoms with van der Waals surface area (Å²) in [6, 6.07) is -0.618. The Balaban J connectivity index is 2.06. The molecule has 2 aliphatic heterocycles. The summed E-state index contributed by atoms with van der Waals surface area (Å²) < 4.78 is 0. The maximum Gasteiger partial charge on any atom is 0.326 e. The summed E-state index contributed by atoms with van der Waals surface area (Å²) in [6.07, 6.45) is 2.45. The summed E-state index contributed by atoms with van der Waals surface area (Å²) in [6.45, 7) is 1.88. The lowest BCUT2D eigenvalue weighted by Gasteiger charge is -2.26. The molecule has 0 radical (unpaired) electrons. The number of nitrogens with zero attached hydrogens (tertiary/aromatic N) is 1. The van der Waals surface area contributed by atoms with Crippen LogP contribution in [0.1, 0.15) is 19.3 Å². The highest BCUT2D eigenvalue weighted by molar-refractivity contribution is 5.89.